The number of aryl methyl sites for hydroxylation is 1. The second-order valence-corrected chi connectivity index (χ2v) is 5.21. The highest BCUT2D eigenvalue weighted by Gasteiger charge is 2.37. The van der Waals surface area contributed by atoms with Gasteiger partial charge in [-0.3, -0.25) is 9.48 Å². The monoisotopic (exact) mass is 250 g/mol. The van der Waals surface area contributed by atoms with Crippen molar-refractivity contribution in [3.05, 3.63) is 18.0 Å². The van der Waals surface area contributed by atoms with Crippen LogP contribution in [0, 0.1) is 5.41 Å². The first-order chi connectivity index (χ1) is 8.66. The number of nitrogens with zero attached hydrogens (tertiary/aromatic N) is 2. The van der Waals surface area contributed by atoms with E-state index in [1.165, 1.54) is 6.42 Å². The Morgan fingerprint density at radius 2 is 2.22 bits per heavy atom. The molecule has 0 spiro atoms. The van der Waals surface area contributed by atoms with E-state index in [9.17, 15) is 4.79 Å². The summed E-state index contributed by atoms with van der Waals surface area (Å²) in [4.78, 5) is 12.3. The second-order valence-electron chi connectivity index (χ2n) is 5.21. The van der Waals surface area contributed by atoms with E-state index in [0.29, 0.717) is 13.1 Å². The molecule has 0 aliphatic heterocycles. The summed E-state index contributed by atoms with van der Waals surface area (Å²) in [6, 6.07) is 1.91. The van der Waals surface area contributed by atoms with Gasteiger partial charge in [0, 0.05) is 19.8 Å². The molecular weight excluding hydrogens is 228 g/mol. The SMILES string of the molecule is Cn1ccc(CNC(=O)C2(CN)CCCCC2)n1. The smallest absolute Gasteiger partial charge is 0.227 e. The van der Waals surface area contributed by atoms with Crippen LogP contribution in [0.2, 0.25) is 0 Å². The van der Waals surface area contributed by atoms with Crippen LogP contribution in [0.3, 0.4) is 0 Å². The van der Waals surface area contributed by atoms with E-state index in [4.69, 9.17) is 5.73 Å². The molecule has 0 saturated heterocycles. The molecule has 1 saturated carbocycles. The molecule has 1 heterocycles. The number of carbonyl (C=O) groups is 1. The fourth-order valence-corrected chi connectivity index (χ4v) is 2.67. The maximum Gasteiger partial charge on any atom is 0.227 e. The van der Waals surface area contributed by atoms with Crippen LogP contribution in [0.1, 0.15) is 37.8 Å². The molecule has 0 radical (unpaired) electrons. The van der Waals surface area contributed by atoms with Crippen LogP contribution >= 0.6 is 0 Å². The molecule has 1 fully saturated rings. The van der Waals surface area contributed by atoms with Gasteiger partial charge in [0.15, 0.2) is 0 Å². The maximum absolute atomic E-state index is 12.3. The van der Waals surface area contributed by atoms with Gasteiger partial charge in [-0.05, 0) is 18.9 Å². The number of amides is 1. The summed E-state index contributed by atoms with van der Waals surface area (Å²) in [7, 11) is 1.87. The van der Waals surface area contributed by atoms with Gasteiger partial charge in [-0.2, -0.15) is 5.10 Å². The predicted molar refractivity (Wildman–Crippen MR) is 69.6 cm³/mol. The molecule has 0 bridgehead atoms. The molecule has 5 heteroatoms. The fraction of sp³-hybridized carbons (Fsp3) is 0.692. The Hall–Kier alpha value is -1.36. The number of hydrogen-bond acceptors (Lipinski definition) is 3. The van der Waals surface area contributed by atoms with Gasteiger partial charge in [0.25, 0.3) is 0 Å². The van der Waals surface area contributed by atoms with Gasteiger partial charge >= 0.3 is 0 Å². The molecule has 1 aliphatic rings. The highest BCUT2D eigenvalue weighted by Crippen LogP contribution is 2.35. The third-order valence-corrected chi connectivity index (χ3v) is 3.88. The Morgan fingerprint density at radius 3 is 2.78 bits per heavy atom. The number of hydrogen-bond donors (Lipinski definition) is 2. The number of carbonyl (C=O) groups excluding carboxylic acids is 1. The van der Waals surface area contributed by atoms with Gasteiger partial charge in [-0.15, -0.1) is 0 Å². The van der Waals surface area contributed by atoms with Gasteiger partial charge in [0.2, 0.25) is 5.91 Å². The van der Waals surface area contributed by atoms with Gasteiger partial charge in [-0.1, -0.05) is 19.3 Å². The largest absolute Gasteiger partial charge is 0.350 e. The quantitative estimate of drug-likeness (QED) is 0.835. The highest BCUT2D eigenvalue weighted by atomic mass is 16.2. The molecule has 2 rings (SSSR count). The topological polar surface area (TPSA) is 72.9 Å². The fourth-order valence-electron chi connectivity index (χ4n) is 2.67. The summed E-state index contributed by atoms with van der Waals surface area (Å²) < 4.78 is 1.74. The van der Waals surface area contributed by atoms with Crippen molar-refractivity contribution >= 4 is 5.91 Å². The van der Waals surface area contributed by atoms with Crippen molar-refractivity contribution in [1.29, 1.82) is 0 Å². The minimum absolute atomic E-state index is 0.0929. The van der Waals surface area contributed by atoms with E-state index in [1.807, 2.05) is 19.3 Å². The normalized spacial score (nSPS) is 18.6. The standard InChI is InChI=1S/C13H22N4O/c1-17-8-5-11(16-17)9-15-12(18)13(10-14)6-3-2-4-7-13/h5,8H,2-4,6-7,9-10,14H2,1H3,(H,15,18). The van der Waals surface area contributed by atoms with E-state index in [0.717, 1.165) is 31.4 Å². The molecule has 18 heavy (non-hydrogen) atoms. The zero-order valence-corrected chi connectivity index (χ0v) is 11.0. The van der Waals surface area contributed by atoms with Crippen LogP contribution in [0.5, 0.6) is 0 Å². The summed E-state index contributed by atoms with van der Waals surface area (Å²) in [5.74, 6) is 0.0929. The van der Waals surface area contributed by atoms with Gasteiger partial charge in [0.1, 0.15) is 0 Å². The zero-order chi connectivity index (χ0) is 13.0. The van der Waals surface area contributed by atoms with Crippen molar-refractivity contribution in [3.8, 4) is 0 Å². The van der Waals surface area contributed by atoms with Crippen molar-refractivity contribution in [3.63, 3.8) is 0 Å². The molecule has 1 amide bonds. The molecule has 3 N–H and O–H groups in total. The van der Waals surface area contributed by atoms with Crippen LogP contribution in [-0.4, -0.2) is 22.2 Å². The van der Waals surface area contributed by atoms with E-state index < -0.39 is 0 Å². The second kappa shape index (κ2) is 5.52. The Balaban J connectivity index is 1.93. The third kappa shape index (κ3) is 2.72. The molecule has 1 aliphatic carbocycles. The first kappa shape index (κ1) is 13.1. The Bertz CT molecular complexity index is 407. The average molecular weight is 250 g/mol. The molecular formula is C13H22N4O. The van der Waals surface area contributed by atoms with Crippen LogP contribution in [0.25, 0.3) is 0 Å². The minimum atomic E-state index is -0.340. The first-order valence-electron chi connectivity index (χ1n) is 6.63. The maximum atomic E-state index is 12.3. The summed E-state index contributed by atoms with van der Waals surface area (Å²) >= 11 is 0. The minimum Gasteiger partial charge on any atom is -0.350 e. The molecule has 1 aromatic heterocycles. The lowest BCUT2D eigenvalue weighted by atomic mass is 9.73. The third-order valence-electron chi connectivity index (χ3n) is 3.88. The van der Waals surface area contributed by atoms with Crippen molar-refractivity contribution < 1.29 is 4.79 Å². The Kier molecular flexibility index (Phi) is 4.01. The molecule has 0 aromatic carbocycles. The number of nitrogens with one attached hydrogen (secondary N) is 1. The molecule has 5 nitrogen and oxygen atoms in total. The molecule has 0 unspecified atom stereocenters. The van der Waals surface area contributed by atoms with E-state index in [1.54, 1.807) is 4.68 Å². The number of rotatable bonds is 4. The average Bonchev–Trinajstić information content (AvgIpc) is 2.82. The van der Waals surface area contributed by atoms with Crippen LogP contribution in [0.4, 0.5) is 0 Å². The zero-order valence-electron chi connectivity index (χ0n) is 11.0. The van der Waals surface area contributed by atoms with Gasteiger partial charge < -0.3 is 11.1 Å². The lowest BCUT2D eigenvalue weighted by Crippen LogP contribution is -2.46. The summed E-state index contributed by atoms with van der Waals surface area (Å²) in [6.07, 6.45) is 7.13. The number of nitrogens with two attached hydrogens (primary N) is 1. The summed E-state index contributed by atoms with van der Waals surface area (Å²) in [5.41, 5.74) is 6.37. The Labute approximate surface area is 108 Å². The van der Waals surface area contributed by atoms with Crippen molar-refractivity contribution in [2.45, 2.75) is 38.6 Å². The van der Waals surface area contributed by atoms with Crippen molar-refractivity contribution in [1.82, 2.24) is 15.1 Å². The van der Waals surface area contributed by atoms with Crippen LogP contribution in [-0.2, 0) is 18.4 Å². The number of aromatic nitrogens is 2. The molecule has 100 valence electrons. The van der Waals surface area contributed by atoms with E-state index in [-0.39, 0.29) is 11.3 Å². The first-order valence-corrected chi connectivity index (χ1v) is 6.63. The highest BCUT2D eigenvalue weighted by molar-refractivity contribution is 5.82. The summed E-state index contributed by atoms with van der Waals surface area (Å²) in [6.45, 7) is 0.933. The predicted octanol–water partition coefficient (Wildman–Crippen LogP) is 0.945. The lowest BCUT2D eigenvalue weighted by molar-refractivity contribution is -0.132. The van der Waals surface area contributed by atoms with Crippen molar-refractivity contribution in [2.75, 3.05) is 6.54 Å². The van der Waals surface area contributed by atoms with Crippen LogP contribution < -0.4 is 11.1 Å². The van der Waals surface area contributed by atoms with E-state index >= 15 is 0 Å². The Morgan fingerprint density at radius 1 is 1.50 bits per heavy atom. The molecule has 0 atom stereocenters. The molecule has 1 aromatic rings. The van der Waals surface area contributed by atoms with Gasteiger partial charge in [0.05, 0.1) is 17.7 Å². The van der Waals surface area contributed by atoms with Crippen molar-refractivity contribution in [2.24, 2.45) is 18.2 Å². The van der Waals surface area contributed by atoms with Gasteiger partial charge in [-0.25, -0.2) is 0 Å². The summed E-state index contributed by atoms with van der Waals surface area (Å²) in [5, 5.41) is 7.23. The lowest BCUT2D eigenvalue weighted by Gasteiger charge is -2.34. The van der Waals surface area contributed by atoms with Crippen LogP contribution in [0.15, 0.2) is 12.3 Å². The van der Waals surface area contributed by atoms with E-state index in [2.05, 4.69) is 10.4 Å².